The lowest BCUT2D eigenvalue weighted by atomic mass is 10.1. The molecule has 0 unspecified atom stereocenters. The van der Waals surface area contributed by atoms with Gasteiger partial charge in [-0.3, -0.25) is 14.3 Å². The Morgan fingerprint density at radius 3 is 2.06 bits per heavy atom. The summed E-state index contributed by atoms with van der Waals surface area (Å²) in [6.45, 7) is 1.86. The molecule has 1 heterocycles. The van der Waals surface area contributed by atoms with Gasteiger partial charge in [-0.05, 0) is 67.6 Å². The Morgan fingerprint density at radius 2 is 1.42 bits per heavy atom. The van der Waals surface area contributed by atoms with Gasteiger partial charge >= 0.3 is 0 Å². The number of carbonyl (C=O) groups excluding carboxylic acids is 1. The molecule has 0 fully saturated rings. The topological polar surface area (TPSA) is 53.2 Å². The van der Waals surface area contributed by atoms with Crippen molar-refractivity contribution in [2.45, 2.75) is 6.92 Å². The van der Waals surface area contributed by atoms with E-state index < -0.39 is 0 Å². The number of benzene rings is 3. The van der Waals surface area contributed by atoms with E-state index in [0.29, 0.717) is 16.9 Å². The Labute approximate surface area is 180 Å². The lowest BCUT2D eigenvalue weighted by molar-refractivity contribution is 0.104. The van der Waals surface area contributed by atoms with Gasteiger partial charge in [-0.15, -0.1) is 0 Å². The molecule has 0 bridgehead atoms. The van der Waals surface area contributed by atoms with Crippen LogP contribution in [0.1, 0.15) is 21.6 Å². The largest absolute Gasteiger partial charge is 0.457 e. The summed E-state index contributed by atoms with van der Waals surface area (Å²) in [7, 11) is 1.83. The van der Waals surface area contributed by atoms with Crippen LogP contribution in [0, 0.1) is 6.92 Å². The molecule has 5 nitrogen and oxygen atoms in total. The van der Waals surface area contributed by atoms with Gasteiger partial charge in [0.25, 0.3) is 5.56 Å². The molecule has 4 rings (SSSR count). The molecular weight excluding hydrogens is 388 g/mol. The second kappa shape index (κ2) is 8.71. The lowest BCUT2D eigenvalue weighted by Crippen LogP contribution is -2.20. The second-order valence-corrected chi connectivity index (χ2v) is 7.11. The fourth-order valence-electron chi connectivity index (χ4n) is 3.35. The number of ketones is 1. The van der Waals surface area contributed by atoms with E-state index in [1.165, 1.54) is 6.08 Å². The van der Waals surface area contributed by atoms with Gasteiger partial charge in [0.2, 0.25) is 0 Å². The van der Waals surface area contributed by atoms with Crippen molar-refractivity contribution in [3.05, 3.63) is 118 Å². The summed E-state index contributed by atoms with van der Waals surface area (Å²) in [5.74, 6) is 1.20. The quantitative estimate of drug-likeness (QED) is 0.325. The number of aromatic nitrogens is 2. The molecule has 0 spiro atoms. The van der Waals surface area contributed by atoms with Gasteiger partial charge in [-0.2, -0.15) is 0 Å². The van der Waals surface area contributed by atoms with Crippen molar-refractivity contribution in [3.63, 3.8) is 0 Å². The number of hydrogen-bond donors (Lipinski definition) is 0. The van der Waals surface area contributed by atoms with Crippen LogP contribution in [0.2, 0.25) is 0 Å². The first kappa shape index (κ1) is 20.2. The van der Waals surface area contributed by atoms with Crippen molar-refractivity contribution in [1.29, 1.82) is 0 Å². The standard InChI is InChI=1S/C26H22N2O3/c1-19-24(26(30)28(27(19)2)21-9-5-3-6-10-21)17-18-25(29)20-13-15-23(16-14-20)31-22-11-7-4-8-12-22/h3-18H,1-2H3. The van der Waals surface area contributed by atoms with Gasteiger partial charge in [0, 0.05) is 18.3 Å². The van der Waals surface area contributed by atoms with E-state index in [2.05, 4.69) is 0 Å². The first-order valence-electron chi connectivity index (χ1n) is 9.94. The smallest absolute Gasteiger partial charge is 0.278 e. The van der Waals surface area contributed by atoms with E-state index >= 15 is 0 Å². The van der Waals surface area contributed by atoms with Gasteiger partial charge in [0.05, 0.1) is 11.3 Å². The van der Waals surface area contributed by atoms with Gasteiger partial charge in [0.1, 0.15) is 11.5 Å². The van der Waals surface area contributed by atoms with Crippen LogP contribution in [0.5, 0.6) is 11.5 Å². The molecule has 0 radical (unpaired) electrons. The van der Waals surface area contributed by atoms with Crippen LogP contribution in [0.3, 0.4) is 0 Å². The van der Waals surface area contributed by atoms with Crippen molar-refractivity contribution in [2.24, 2.45) is 7.05 Å². The van der Waals surface area contributed by atoms with Crippen LogP contribution in [-0.4, -0.2) is 15.1 Å². The van der Waals surface area contributed by atoms with Crippen LogP contribution in [0.15, 0.2) is 95.8 Å². The number of allylic oxidation sites excluding steroid dienone is 1. The molecule has 154 valence electrons. The highest BCUT2D eigenvalue weighted by Crippen LogP contribution is 2.21. The molecule has 5 heteroatoms. The third-order valence-corrected chi connectivity index (χ3v) is 5.12. The third kappa shape index (κ3) is 4.26. The van der Waals surface area contributed by atoms with Crippen LogP contribution in [-0.2, 0) is 7.05 Å². The minimum atomic E-state index is -0.180. The Kier molecular flexibility index (Phi) is 5.67. The fourth-order valence-corrected chi connectivity index (χ4v) is 3.35. The number of ether oxygens (including phenoxy) is 1. The molecule has 0 saturated carbocycles. The second-order valence-electron chi connectivity index (χ2n) is 7.11. The first-order valence-corrected chi connectivity index (χ1v) is 9.94. The summed E-state index contributed by atoms with van der Waals surface area (Å²) in [6.07, 6.45) is 3.03. The molecule has 0 N–H and O–H groups in total. The number of carbonyl (C=O) groups is 1. The fraction of sp³-hybridized carbons (Fsp3) is 0.0769. The molecular formula is C26H22N2O3. The molecule has 0 atom stereocenters. The Morgan fingerprint density at radius 1 is 0.839 bits per heavy atom. The summed E-state index contributed by atoms with van der Waals surface area (Å²) in [5, 5.41) is 0. The third-order valence-electron chi connectivity index (χ3n) is 5.12. The van der Waals surface area contributed by atoms with Crippen LogP contribution >= 0.6 is 0 Å². The zero-order chi connectivity index (χ0) is 21.8. The Bertz CT molecular complexity index is 1280. The normalized spacial score (nSPS) is 11.0. The number of rotatable bonds is 6. The van der Waals surface area contributed by atoms with Gasteiger partial charge in [-0.1, -0.05) is 36.4 Å². The van der Waals surface area contributed by atoms with Crippen molar-refractivity contribution in [2.75, 3.05) is 0 Å². The van der Waals surface area contributed by atoms with Crippen molar-refractivity contribution < 1.29 is 9.53 Å². The predicted octanol–water partition coefficient (Wildman–Crippen LogP) is 5.17. The van der Waals surface area contributed by atoms with E-state index in [4.69, 9.17) is 4.74 Å². The van der Waals surface area contributed by atoms with E-state index in [-0.39, 0.29) is 11.3 Å². The molecule has 3 aromatic carbocycles. The Hall–Kier alpha value is -4.12. The first-order chi connectivity index (χ1) is 15.0. The predicted molar refractivity (Wildman–Crippen MR) is 122 cm³/mol. The van der Waals surface area contributed by atoms with Crippen LogP contribution in [0.4, 0.5) is 0 Å². The SMILES string of the molecule is Cc1c(C=CC(=O)c2ccc(Oc3ccccc3)cc2)c(=O)n(-c2ccccc2)n1C. The van der Waals surface area contributed by atoms with E-state index in [1.54, 1.807) is 39.7 Å². The minimum Gasteiger partial charge on any atom is -0.457 e. The van der Waals surface area contributed by atoms with Crippen molar-refractivity contribution >= 4 is 11.9 Å². The summed E-state index contributed by atoms with van der Waals surface area (Å²) in [4.78, 5) is 25.6. The van der Waals surface area contributed by atoms with Gasteiger partial charge in [-0.25, -0.2) is 4.68 Å². The zero-order valence-electron chi connectivity index (χ0n) is 17.4. The molecule has 0 saturated heterocycles. The number of nitrogens with zero attached hydrogens (tertiary/aromatic N) is 2. The lowest BCUT2D eigenvalue weighted by Gasteiger charge is -2.07. The van der Waals surface area contributed by atoms with E-state index in [0.717, 1.165) is 17.1 Å². The monoisotopic (exact) mass is 410 g/mol. The molecule has 1 aromatic heterocycles. The molecule has 0 amide bonds. The molecule has 0 aliphatic heterocycles. The van der Waals surface area contributed by atoms with Crippen LogP contribution < -0.4 is 10.3 Å². The molecule has 4 aromatic rings. The maximum absolute atomic E-state index is 12.9. The van der Waals surface area contributed by atoms with Crippen LogP contribution in [0.25, 0.3) is 11.8 Å². The summed E-state index contributed by atoms with van der Waals surface area (Å²) in [6, 6.07) is 25.8. The minimum absolute atomic E-state index is 0.165. The summed E-state index contributed by atoms with van der Waals surface area (Å²) < 4.78 is 9.14. The highest BCUT2D eigenvalue weighted by Gasteiger charge is 2.14. The maximum atomic E-state index is 12.9. The highest BCUT2D eigenvalue weighted by atomic mass is 16.5. The molecule has 31 heavy (non-hydrogen) atoms. The zero-order valence-corrected chi connectivity index (χ0v) is 17.4. The number of para-hydroxylation sites is 2. The highest BCUT2D eigenvalue weighted by molar-refractivity contribution is 6.06. The van der Waals surface area contributed by atoms with Crippen molar-refractivity contribution in [1.82, 2.24) is 9.36 Å². The van der Waals surface area contributed by atoms with Gasteiger partial charge in [0.15, 0.2) is 5.78 Å². The van der Waals surface area contributed by atoms with E-state index in [1.807, 2.05) is 74.6 Å². The Balaban J connectivity index is 1.54. The van der Waals surface area contributed by atoms with Gasteiger partial charge < -0.3 is 4.74 Å². The maximum Gasteiger partial charge on any atom is 0.278 e. The summed E-state index contributed by atoms with van der Waals surface area (Å²) >= 11 is 0. The molecule has 0 aliphatic rings. The van der Waals surface area contributed by atoms with Crippen molar-refractivity contribution in [3.8, 4) is 17.2 Å². The summed E-state index contributed by atoms with van der Waals surface area (Å²) in [5.41, 5.74) is 2.40. The average Bonchev–Trinajstić information content (AvgIpc) is 3.01. The molecule has 0 aliphatic carbocycles. The average molecular weight is 410 g/mol. The van der Waals surface area contributed by atoms with E-state index in [9.17, 15) is 9.59 Å². The number of hydrogen-bond acceptors (Lipinski definition) is 3.